The monoisotopic (exact) mass is 357 g/mol. The average Bonchev–Trinajstić information content (AvgIpc) is 2.43. The molecule has 0 aliphatic carbocycles. The number of halogens is 1. The van der Waals surface area contributed by atoms with Crippen molar-refractivity contribution in [2.75, 3.05) is 40.8 Å². The summed E-state index contributed by atoms with van der Waals surface area (Å²) in [5.41, 5.74) is 7.29. The normalized spacial score (nSPS) is 14.5. The van der Waals surface area contributed by atoms with Gasteiger partial charge < -0.3 is 15.4 Å². The molecule has 0 aromatic heterocycles. The third kappa shape index (κ3) is 4.95. The molecule has 0 heterocycles. The Labute approximate surface area is 137 Å². The van der Waals surface area contributed by atoms with Crippen LogP contribution in [-0.4, -0.2) is 56.7 Å². The molecule has 0 radical (unpaired) electrons. The molecule has 2 unspecified atom stereocenters. The van der Waals surface area contributed by atoms with Crippen molar-refractivity contribution in [2.24, 2.45) is 5.73 Å². The molecule has 0 fully saturated rings. The van der Waals surface area contributed by atoms with E-state index in [1.54, 1.807) is 7.11 Å². The molecule has 2 N–H and O–H groups in total. The number of hydrogen-bond donors (Lipinski definition) is 1. The molecule has 2 atom stereocenters. The molecule has 4 nitrogen and oxygen atoms in total. The van der Waals surface area contributed by atoms with Crippen molar-refractivity contribution >= 4 is 15.9 Å². The topological polar surface area (TPSA) is 41.7 Å². The van der Waals surface area contributed by atoms with Crippen LogP contribution in [0.2, 0.25) is 0 Å². The Kier molecular flexibility index (Phi) is 7.66. The summed E-state index contributed by atoms with van der Waals surface area (Å²) in [5, 5.41) is 0. The van der Waals surface area contributed by atoms with Crippen molar-refractivity contribution in [3.05, 3.63) is 28.2 Å². The highest BCUT2D eigenvalue weighted by atomic mass is 79.9. The Hall–Kier alpha value is -0.620. The number of methoxy groups -OCH3 is 1. The zero-order valence-corrected chi connectivity index (χ0v) is 15.4. The first-order valence-corrected chi connectivity index (χ1v) is 8.17. The molecule has 1 rings (SSSR count). The number of nitrogens with zero attached hydrogens (tertiary/aromatic N) is 2. The molecule has 0 aliphatic rings. The maximum Gasteiger partial charge on any atom is 0.133 e. The van der Waals surface area contributed by atoms with Crippen molar-refractivity contribution in [2.45, 2.75) is 25.9 Å². The van der Waals surface area contributed by atoms with Gasteiger partial charge in [-0.15, -0.1) is 0 Å². The third-order valence-corrected chi connectivity index (χ3v) is 4.36. The average molecular weight is 358 g/mol. The highest BCUT2D eigenvalue weighted by Gasteiger charge is 2.23. The van der Waals surface area contributed by atoms with Crippen LogP contribution >= 0.6 is 15.9 Å². The lowest BCUT2D eigenvalue weighted by Gasteiger charge is -2.36. The maximum atomic E-state index is 6.07. The second kappa shape index (κ2) is 8.73. The van der Waals surface area contributed by atoms with Crippen molar-refractivity contribution in [3.63, 3.8) is 0 Å². The van der Waals surface area contributed by atoms with Crippen LogP contribution < -0.4 is 10.5 Å². The predicted octanol–water partition coefficient (Wildman–Crippen LogP) is 2.73. The highest BCUT2D eigenvalue weighted by molar-refractivity contribution is 9.10. The molecular weight excluding hydrogens is 330 g/mol. The van der Waals surface area contributed by atoms with Crippen LogP contribution in [0, 0.1) is 0 Å². The lowest BCUT2D eigenvalue weighted by molar-refractivity contribution is 0.131. The van der Waals surface area contributed by atoms with Crippen LogP contribution in [0.5, 0.6) is 5.75 Å². The number of ether oxygens (including phenoxy) is 1. The molecule has 0 bridgehead atoms. The van der Waals surface area contributed by atoms with Gasteiger partial charge in [-0.1, -0.05) is 13.0 Å². The van der Waals surface area contributed by atoms with Gasteiger partial charge >= 0.3 is 0 Å². The Balaban J connectivity index is 3.01. The van der Waals surface area contributed by atoms with E-state index in [9.17, 15) is 0 Å². The second-order valence-electron chi connectivity index (χ2n) is 5.59. The summed E-state index contributed by atoms with van der Waals surface area (Å²) in [4.78, 5) is 4.67. The van der Waals surface area contributed by atoms with Crippen molar-refractivity contribution in [3.8, 4) is 5.75 Å². The van der Waals surface area contributed by atoms with Gasteiger partial charge in [0.25, 0.3) is 0 Å². The van der Waals surface area contributed by atoms with E-state index < -0.39 is 0 Å². The second-order valence-corrected chi connectivity index (χ2v) is 6.44. The lowest BCUT2D eigenvalue weighted by Crippen LogP contribution is -2.44. The van der Waals surface area contributed by atoms with Gasteiger partial charge in [-0.2, -0.15) is 0 Å². The fraction of sp³-hybridized carbons (Fsp3) is 0.625. The van der Waals surface area contributed by atoms with E-state index >= 15 is 0 Å². The largest absolute Gasteiger partial charge is 0.496 e. The van der Waals surface area contributed by atoms with Crippen LogP contribution in [0.25, 0.3) is 0 Å². The zero-order chi connectivity index (χ0) is 16.0. The molecule has 0 saturated carbocycles. The summed E-state index contributed by atoms with van der Waals surface area (Å²) in [6, 6.07) is 6.87. The SMILES string of the molecule is CCN(C(C)CN(C)C)C(CN)c1ccc(OC)c(Br)c1. The quantitative estimate of drug-likeness (QED) is 0.776. The molecule has 21 heavy (non-hydrogen) atoms. The fourth-order valence-electron chi connectivity index (χ4n) is 2.83. The summed E-state index contributed by atoms with van der Waals surface area (Å²) in [5.74, 6) is 0.846. The van der Waals surface area contributed by atoms with Gasteiger partial charge in [0.05, 0.1) is 11.6 Å². The molecule has 0 saturated heterocycles. The molecule has 0 amide bonds. The van der Waals surface area contributed by atoms with Crippen LogP contribution in [-0.2, 0) is 0 Å². The van der Waals surface area contributed by atoms with Crippen LogP contribution in [0.4, 0.5) is 0 Å². The van der Waals surface area contributed by atoms with Gasteiger partial charge in [0.2, 0.25) is 0 Å². The molecular formula is C16H28BrN3O. The first-order valence-electron chi connectivity index (χ1n) is 7.38. The van der Waals surface area contributed by atoms with Gasteiger partial charge in [-0.25, -0.2) is 0 Å². The minimum atomic E-state index is 0.215. The van der Waals surface area contributed by atoms with Gasteiger partial charge in [0, 0.05) is 25.2 Å². The Morgan fingerprint density at radius 2 is 2.00 bits per heavy atom. The van der Waals surface area contributed by atoms with Gasteiger partial charge in [-0.05, 0) is 61.2 Å². The number of benzene rings is 1. The first kappa shape index (κ1) is 18.4. The van der Waals surface area contributed by atoms with Gasteiger partial charge in [-0.3, -0.25) is 4.90 Å². The fourth-order valence-corrected chi connectivity index (χ4v) is 3.38. The molecule has 1 aromatic carbocycles. The van der Waals surface area contributed by atoms with Crippen LogP contribution in [0.3, 0.4) is 0 Å². The summed E-state index contributed by atoms with van der Waals surface area (Å²) in [6.45, 7) is 7.03. The minimum Gasteiger partial charge on any atom is -0.496 e. The van der Waals surface area contributed by atoms with E-state index in [0.717, 1.165) is 23.3 Å². The van der Waals surface area contributed by atoms with Crippen LogP contribution in [0.15, 0.2) is 22.7 Å². The standard InChI is InChI=1S/C16H28BrN3O/c1-6-20(12(2)11-19(3)4)15(10-18)13-7-8-16(21-5)14(17)9-13/h7-9,12,15H,6,10-11,18H2,1-5H3. The Morgan fingerprint density at radius 1 is 1.33 bits per heavy atom. The van der Waals surface area contributed by atoms with E-state index in [1.807, 2.05) is 6.07 Å². The molecule has 0 spiro atoms. The molecule has 5 heteroatoms. The summed E-state index contributed by atoms with van der Waals surface area (Å²) >= 11 is 3.56. The van der Waals surface area contributed by atoms with E-state index in [1.165, 1.54) is 5.56 Å². The number of rotatable bonds is 8. The molecule has 1 aromatic rings. The van der Waals surface area contributed by atoms with E-state index in [2.05, 4.69) is 65.8 Å². The number of likely N-dealkylation sites (N-methyl/N-ethyl adjacent to an activating group) is 2. The Bertz CT molecular complexity index is 440. The predicted molar refractivity (Wildman–Crippen MR) is 92.9 cm³/mol. The first-order chi connectivity index (χ1) is 9.94. The van der Waals surface area contributed by atoms with Crippen molar-refractivity contribution in [1.82, 2.24) is 9.80 Å². The summed E-state index contributed by atoms with van der Waals surface area (Å²) in [7, 11) is 5.88. The highest BCUT2D eigenvalue weighted by Crippen LogP contribution is 2.30. The third-order valence-electron chi connectivity index (χ3n) is 3.74. The van der Waals surface area contributed by atoms with Crippen molar-refractivity contribution < 1.29 is 4.74 Å². The van der Waals surface area contributed by atoms with Crippen molar-refractivity contribution in [1.29, 1.82) is 0 Å². The number of hydrogen-bond acceptors (Lipinski definition) is 4. The maximum absolute atomic E-state index is 6.07. The van der Waals surface area contributed by atoms with E-state index in [4.69, 9.17) is 10.5 Å². The number of nitrogens with two attached hydrogens (primary N) is 1. The van der Waals surface area contributed by atoms with E-state index in [-0.39, 0.29) is 6.04 Å². The lowest BCUT2D eigenvalue weighted by atomic mass is 10.0. The van der Waals surface area contributed by atoms with Gasteiger partial charge in [0.1, 0.15) is 5.75 Å². The smallest absolute Gasteiger partial charge is 0.133 e. The minimum absolute atomic E-state index is 0.215. The molecule has 120 valence electrons. The summed E-state index contributed by atoms with van der Waals surface area (Å²) in [6.07, 6.45) is 0. The van der Waals surface area contributed by atoms with Gasteiger partial charge in [0.15, 0.2) is 0 Å². The van der Waals surface area contributed by atoms with Crippen LogP contribution in [0.1, 0.15) is 25.5 Å². The summed E-state index contributed by atoms with van der Waals surface area (Å²) < 4.78 is 6.27. The van der Waals surface area contributed by atoms with E-state index in [0.29, 0.717) is 12.6 Å². The Morgan fingerprint density at radius 3 is 2.43 bits per heavy atom. The molecule has 0 aliphatic heterocycles. The zero-order valence-electron chi connectivity index (χ0n) is 13.8.